The predicted molar refractivity (Wildman–Crippen MR) is 20.7 cm³/mol. The fraction of sp³-hybridized carbons (Fsp3) is 1.00. The van der Waals surface area contributed by atoms with E-state index in [9.17, 15) is 0 Å². The topological polar surface area (TPSA) is 25.1 Å². The maximum Gasteiger partial charge on any atom is 0.221 e. The van der Waals surface area contributed by atoms with E-state index in [-0.39, 0.29) is 6.29 Å². The van der Waals surface area contributed by atoms with E-state index in [1.807, 2.05) is 0 Å². The molecule has 2 nitrogen and oxygen atoms in total. The molecule has 1 heterocycles. The lowest BCUT2D eigenvalue weighted by Gasteiger charge is -1.62. The van der Waals surface area contributed by atoms with Crippen molar-refractivity contribution in [3.8, 4) is 0 Å². The lowest BCUT2D eigenvalue weighted by atomic mass is 10.8. The standard InChI is InChI=1S/C2H6O2Si/c5-1-2-3-4-2/h2H,1H2,5H3. The van der Waals surface area contributed by atoms with Crippen molar-refractivity contribution in [3.63, 3.8) is 0 Å². The molecule has 1 fully saturated rings. The van der Waals surface area contributed by atoms with Crippen molar-refractivity contribution in [2.45, 2.75) is 12.3 Å². The predicted octanol–water partition coefficient (Wildman–Crippen LogP) is -0.942. The summed E-state index contributed by atoms with van der Waals surface area (Å²) in [5.74, 6) is 0. The van der Waals surface area contributed by atoms with E-state index in [2.05, 4.69) is 9.78 Å². The summed E-state index contributed by atoms with van der Waals surface area (Å²) >= 11 is 0. The molecule has 0 aromatic carbocycles. The van der Waals surface area contributed by atoms with E-state index in [4.69, 9.17) is 0 Å². The first-order chi connectivity index (χ1) is 2.43. The van der Waals surface area contributed by atoms with Gasteiger partial charge in [0, 0.05) is 10.2 Å². The van der Waals surface area contributed by atoms with Crippen LogP contribution in [0.2, 0.25) is 6.04 Å². The zero-order chi connectivity index (χ0) is 3.70. The molecule has 0 unspecified atom stereocenters. The Balaban J connectivity index is 2.00. The minimum Gasteiger partial charge on any atom is -0.199 e. The summed E-state index contributed by atoms with van der Waals surface area (Å²) in [4.78, 5) is 8.78. The fourth-order valence-electron chi connectivity index (χ4n) is 0.175. The van der Waals surface area contributed by atoms with Crippen molar-refractivity contribution >= 4 is 10.2 Å². The molecule has 0 bridgehead atoms. The third-order valence-corrected chi connectivity index (χ3v) is 1.23. The van der Waals surface area contributed by atoms with Gasteiger partial charge in [0.05, 0.1) is 0 Å². The second kappa shape index (κ2) is 1.08. The van der Waals surface area contributed by atoms with Crippen LogP contribution in [0.1, 0.15) is 0 Å². The highest BCUT2D eigenvalue weighted by atomic mass is 28.1. The van der Waals surface area contributed by atoms with E-state index in [1.165, 1.54) is 10.2 Å². The van der Waals surface area contributed by atoms with Crippen LogP contribution in [-0.4, -0.2) is 16.5 Å². The molecule has 1 rings (SSSR count). The Bertz CT molecular complexity index is 34.6. The van der Waals surface area contributed by atoms with Gasteiger partial charge in [0.15, 0.2) is 0 Å². The summed E-state index contributed by atoms with van der Waals surface area (Å²) < 4.78 is 0. The Kier molecular flexibility index (Phi) is 0.720. The monoisotopic (exact) mass is 90.0 g/mol. The molecular formula is C2H6O2Si. The van der Waals surface area contributed by atoms with Gasteiger partial charge in [0.1, 0.15) is 0 Å². The SMILES string of the molecule is [SiH3]CC1OO1. The third kappa shape index (κ3) is 0.716. The molecule has 0 amide bonds. The Morgan fingerprint density at radius 1 is 1.60 bits per heavy atom. The van der Waals surface area contributed by atoms with Gasteiger partial charge in [-0.1, -0.05) is 0 Å². The molecule has 0 aliphatic carbocycles. The quantitative estimate of drug-likeness (QED) is 0.236. The molecular weight excluding hydrogens is 84.1 g/mol. The first-order valence-electron chi connectivity index (χ1n) is 1.75. The van der Waals surface area contributed by atoms with Gasteiger partial charge in [-0.3, -0.25) is 0 Å². The van der Waals surface area contributed by atoms with Gasteiger partial charge < -0.3 is 0 Å². The summed E-state index contributed by atoms with van der Waals surface area (Å²) in [5, 5.41) is 0. The number of rotatable bonds is 1. The molecule has 3 heteroatoms. The molecule has 0 aromatic heterocycles. The van der Waals surface area contributed by atoms with Crippen LogP contribution in [0.5, 0.6) is 0 Å². The first kappa shape index (κ1) is 3.33. The summed E-state index contributed by atoms with van der Waals surface area (Å²) in [6.45, 7) is 0. The zero-order valence-corrected chi connectivity index (χ0v) is 5.10. The Labute approximate surface area is 33.4 Å². The van der Waals surface area contributed by atoms with Crippen LogP contribution in [0.4, 0.5) is 0 Å². The Morgan fingerprint density at radius 2 is 2.20 bits per heavy atom. The highest BCUT2D eigenvalue weighted by Gasteiger charge is 2.21. The lowest BCUT2D eigenvalue weighted by Crippen LogP contribution is -1.75. The van der Waals surface area contributed by atoms with Gasteiger partial charge >= 0.3 is 0 Å². The number of hydrogen-bond acceptors (Lipinski definition) is 2. The summed E-state index contributed by atoms with van der Waals surface area (Å²) in [6, 6.07) is 1.11. The highest BCUT2D eigenvalue weighted by Crippen LogP contribution is 2.13. The average Bonchev–Trinajstić information content (AvgIpc) is 2.12. The van der Waals surface area contributed by atoms with E-state index in [1.54, 1.807) is 0 Å². The molecule has 30 valence electrons. The van der Waals surface area contributed by atoms with Crippen LogP contribution in [0, 0.1) is 0 Å². The highest BCUT2D eigenvalue weighted by molar-refractivity contribution is 6.08. The van der Waals surface area contributed by atoms with E-state index < -0.39 is 0 Å². The molecule has 5 heavy (non-hydrogen) atoms. The van der Waals surface area contributed by atoms with Gasteiger partial charge in [0.25, 0.3) is 0 Å². The summed E-state index contributed by atoms with van der Waals surface area (Å²) in [5.41, 5.74) is 0. The minimum absolute atomic E-state index is 0.196. The van der Waals surface area contributed by atoms with Gasteiger partial charge in [-0.05, 0) is 6.04 Å². The molecule has 0 radical (unpaired) electrons. The van der Waals surface area contributed by atoms with Crippen molar-refractivity contribution in [2.24, 2.45) is 0 Å². The molecule has 1 aliphatic heterocycles. The summed E-state index contributed by atoms with van der Waals surface area (Å²) in [6.07, 6.45) is 0.196. The van der Waals surface area contributed by atoms with Crippen molar-refractivity contribution < 1.29 is 9.78 Å². The second-order valence-electron chi connectivity index (χ2n) is 1.03. The van der Waals surface area contributed by atoms with Crippen molar-refractivity contribution in [3.05, 3.63) is 0 Å². The number of hydrogen-bond donors (Lipinski definition) is 0. The van der Waals surface area contributed by atoms with Gasteiger partial charge in [-0.2, -0.15) is 9.78 Å². The zero-order valence-electron chi connectivity index (χ0n) is 3.10. The van der Waals surface area contributed by atoms with Crippen LogP contribution >= 0.6 is 0 Å². The Hall–Kier alpha value is 0.137. The maximum atomic E-state index is 4.39. The smallest absolute Gasteiger partial charge is 0.199 e. The second-order valence-corrected chi connectivity index (χ2v) is 1.85. The molecule has 0 aromatic rings. The van der Waals surface area contributed by atoms with E-state index in [0.29, 0.717) is 0 Å². The van der Waals surface area contributed by atoms with Crippen LogP contribution in [0.3, 0.4) is 0 Å². The van der Waals surface area contributed by atoms with Crippen LogP contribution in [0.25, 0.3) is 0 Å². The normalized spacial score (nSPS) is 24.0. The Morgan fingerprint density at radius 3 is 2.20 bits per heavy atom. The molecule has 1 aliphatic rings. The molecule has 0 atom stereocenters. The molecule has 0 spiro atoms. The van der Waals surface area contributed by atoms with Gasteiger partial charge in [-0.25, -0.2) is 0 Å². The molecule has 0 N–H and O–H groups in total. The van der Waals surface area contributed by atoms with E-state index in [0.717, 1.165) is 6.04 Å². The van der Waals surface area contributed by atoms with Crippen molar-refractivity contribution in [1.82, 2.24) is 0 Å². The van der Waals surface area contributed by atoms with Crippen molar-refractivity contribution in [1.29, 1.82) is 0 Å². The fourth-order valence-corrected chi connectivity index (χ4v) is 0.448. The molecule has 0 saturated carbocycles. The van der Waals surface area contributed by atoms with Gasteiger partial charge in [-0.15, -0.1) is 0 Å². The van der Waals surface area contributed by atoms with Crippen LogP contribution in [0.15, 0.2) is 0 Å². The van der Waals surface area contributed by atoms with Crippen LogP contribution in [-0.2, 0) is 9.78 Å². The summed E-state index contributed by atoms with van der Waals surface area (Å²) in [7, 11) is 1.19. The maximum absolute atomic E-state index is 4.39. The largest absolute Gasteiger partial charge is 0.221 e. The lowest BCUT2D eigenvalue weighted by molar-refractivity contribution is 0.0850. The average molecular weight is 90.2 g/mol. The van der Waals surface area contributed by atoms with Gasteiger partial charge in [0.2, 0.25) is 6.29 Å². The third-order valence-electron chi connectivity index (χ3n) is 0.566. The van der Waals surface area contributed by atoms with E-state index >= 15 is 0 Å². The van der Waals surface area contributed by atoms with Crippen molar-refractivity contribution in [2.75, 3.05) is 0 Å². The molecule has 1 saturated heterocycles. The van der Waals surface area contributed by atoms with Crippen LogP contribution < -0.4 is 0 Å². The first-order valence-corrected chi connectivity index (χ1v) is 3.17. The minimum atomic E-state index is 0.196.